The molecule has 114 valence electrons. The number of carbonyl (C=O) groups excluding carboxylic acids is 2. The van der Waals surface area contributed by atoms with Gasteiger partial charge < -0.3 is 9.47 Å². The van der Waals surface area contributed by atoms with Crippen LogP contribution in [0.3, 0.4) is 0 Å². The van der Waals surface area contributed by atoms with Crippen LogP contribution in [0.25, 0.3) is 0 Å². The number of ether oxygens (including phenoxy) is 2. The maximum absolute atomic E-state index is 11.6. The second-order valence-electron chi connectivity index (χ2n) is 4.50. The molecule has 0 bridgehead atoms. The summed E-state index contributed by atoms with van der Waals surface area (Å²) in [6.45, 7) is 2.19. The van der Waals surface area contributed by atoms with Gasteiger partial charge in [0.25, 0.3) is 0 Å². The Morgan fingerprint density at radius 2 is 1.82 bits per heavy atom. The molecule has 0 saturated carbocycles. The van der Waals surface area contributed by atoms with Crippen molar-refractivity contribution < 1.29 is 19.1 Å². The van der Waals surface area contributed by atoms with Crippen LogP contribution in [-0.2, 0) is 4.74 Å². The molecule has 0 aliphatic carbocycles. The maximum atomic E-state index is 11.6. The number of aromatic nitrogens is 1. The van der Waals surface area contributed by atoms with Crippen molar-refractivity contribution in [3.05, 3.63) is 59.9 Å². The largest absolute Gasteiger partial charge is 0.490 e. The molecule has 0 aliphatic rings. The van der Waals surface area contributed by atoms with Gasteiger partial charge in [-0.05, 0) is 36.4 Å². The maximum Gasteiger partial charge on any atom is 0.357 e. The molecule has 0 aliphatic heterocycles. The number of ketones is 1. The molecular formula is C17H17NO4. The van der Waals surface area contributed by atoms with E-state index < -0.39 is 5.97 Å². The standard InChI is InChI=1S/C17H17NO4/c1-2-16(19)13-6-8-14(9-7-13)21-11-12-22-17(20)15-5-3-4-10-18-15/h3-10H,2,11-12H2,1H3. The quantitative estimate of drug-likeness (QED) is 0.447. The predicted molar refractivity (Wildman–Crippen MR) is 81.1 cm³/mol. The molecular weight excluding hydrogens is 282 g/mol. The fourth-order valence-electron chi connectivity index (χ4n) is 1.79. The fourth-order valence-corrected chi connectivity index (χ4v) is 1.79. The van der Waals surface area contributed by atoms with Crippen LogP contribution in [0.1, 0.15) is 34.2 Å². The lowest BCUT2D eigenvalue weighted by molar-refractivity contribution is 0.0443. The molecule has 2 rings (SSSR count). The lowest BCUT2D eigenvalue weighted by atomic mass is 10.1. The Morgan fingerprint density at radius 1 is 1.05 bits per heavy atom. The molecule has 1 aromatic carbocycles. The normalized spacial score (nSPS) is 10.0. The molecule has 1 aromatic heterocycles. The summed E-state index contributed by atoms with van der Waals surface area (Å²) in [4.78, 5) is 27.0. The van der Waals surface area contributed by atoms with Gasteiger partial charge in [0.05, 0.1) is 0 Å². The van der Waals surface area contributed by atoms with E-state index in [4.69, 9.17) is 9.47 Å². The Labute approximate surface area is 128 Å². The molecule has 22 heavy (non-hydrogen) atoms. The van der Waals surface area contributed by atoms with E-state index in [1.165, 1.54) is 6.20 Å². The first-order chi connectivity index (χ1) is 10.7. The zero-order valence-electron chi connectivity index (χ0n) is 12.3. The number of hydrogen-bond acceptors (Lipinski definition) is 5. The summed E-state index contributed by atoms with van der Waals surface area (Å²) in [5.74, 6) is 0.241. The van der Waals surface area contributed by atoms with E-state index in [9.17, 15) is 9.59 Å². The highest BCUT2D eigenvalue weighted by Gasteiger charge is 2.07. The van der Waals surface area contributed by atoms with Gasteiger partial charge in [-0.2, -0.15) is 0 Å². The number of nitrogens with zero attached hydrogens (tertiary/aromatic N) is 1. The molecule has 0 amide bonds. The van der Waals surface area contributed by atoms with E-state index >= 15 is 0 Å². The predicted octanol–water partition coefficient (Wildman–Crippen LogP) is 2.91. The van der Waals surface area contributed by atoms with Gasteiger partial charge in [0.2, 0.25) is 0 Å². The van der Waals surface area contributed by atoms with Crippen LogP contribution in [0.2, 0.25) is 0 Å². The van der Waals surface area contributed by atoms with Crippen molar-refractivity contribution in [1.82, 2.24) is 4.98 Å². The first-order valence-electron chi connectivity index (χ1n) is 7.05. The van der Waals surface area contributed by atoms with Gasteiger partial charge in [-0.1, -0.05) is 13.0 Å². The highest BCUT2D eigenvalue weighted by atomic mass is 16.6. The second-order valence-corrected chi connectivity index (χ2v) is 4.50. The summed E-state index contributed by atoms with van der Waals surface area (Å²) in [5.41, 5.74) is 0.932. The molecule has 1 heterocycles. The van der Waals surface area contributed by atoms with Gasteiger partial charge in [0, 0.05) is 18.2 Å². The molecule has 0 N–H and O–H groups in total. The number of hydrogen-bond donors (Lipinski definition) is 0. The average molecular weight is 299 g/mol. The van der Waals surface area contributed by atoms with E-state index in [-0.39, 0.29) is 24.7 Å². The third-order valence-corrected chi connectivity index (χ3v) is 2.96. The number of Topliss-reactive ketones (excluding diaryl/α,β-unsaturated/α-hetero) is 1. The average Bonchev–Trinajstić information content (AvgIpc) is 2.59. The summed E-state index contributed by atoms with van der Waals surface area (Å²) < 4.78 is 10.5. The molecule has 0 spiro atoms. The highest BCUT2D eigenvalue weighted by molar-refractivity contribution is 5.95. The van der Waals surface area contributed by atoms with Gasteiger partial charge in [-0.15, -0.1) is 0 Å². The van der Waals surface area contributed by atoms with Gasteiger partial charge >= 0.3 is 5.97 Å². The van der Waals surface area contributed by atoms with Crippen LogP contribution in [0.5, 0.6) is 5.75 Å². The lowest BCUT2D eigenvalue weighted by Gasteiger charge is -2.07. The minimum Gasteiger partial charge on any atom is -0.490 e. The van der Waals surface area contributed by atoms with Crippen molar-refractivity contribution in [3.63, 3.8) is 0 Å². The first kappa shape index (κ1) is 15.7. The van der Waals surface area contributed by atoms with Gasteiger partial charge in [-0.3, -0.25) is 4.79 Å². The minimum atomic E-state index is -0.479. The zero-order chi connectivity index (χ0) is 15.8. The molecule has 0 unspecified atom stereocenters. The van der Waals surface area contributed by atoms with Crippen molar-refractivity contribution in [2.24, 2.45) is 0 Å². The van der Waals surface area contributed by atoms with Gasteiger partial charge in [0.1, 0.15) is 24.7 Å². The van der Waals surface area contributed by atoms with Crippen LogP contribution < -0.4 is 4.74 Å². The van der Waals surface area contributed by atoms with Crippen molar-refractivity contribution in [2.45, 2.75) is 13.3 Å². The Hall–Kier alpha value is -2.69. The van der Waals surface area contributed by atoms with Crippen molar-refractivity contribution in [2.75, 3.05) is 13.2 Å². The smallest absolute Gasteiger partial charge is 0.357 e. The van der Waals surface area contributed by atoms with E-state index in [0.717, 1.165) is 0 Å². The van der Waals surface area contributed by atoms with Gasteiger partial charge in [-0.25, -0.2) is 9.78 Å². The molecule has 2 aromatic rings. The highest BCUT2D eigenvalue weighted by Crippen LogP contribution is 2.13. The Balaban J connectivity index is 1.75. The first-order valence-corrected chi connectivity index (χ1v) is 7.05. The van der Waals surface area contributed by atoms with Crippen molar-refractivity contribution in [3.8, 4) is 5.75 Å². The molecule has 0 saturated heterocycles. The third-order valence-electron chi connectivity index (χ3n) is 2.96. The number of carbonyl (C=O) groups is 2. The monoisotopic (exact) mass is 299 g/mol. The summed E-state index contributed by atoms with van der Waals surface area (Å²) in [5, 5.41) is 0. The van der Waals surface area contributed by atoms with Crippen molar-refractivity contribution >= 4 is 11.8 Å². The summed E-state index contributed by atoms with van der Waals surface area (Å²) in [6, 6.07) is 11.9. The fraction of sp³-hybridized carbons (Fsp3) is 0.235. The minimum absolute atomic E-state index is 0.0934. The SMILES string of the molecule is CCC(=O)c1ccc(OCCOC(=O)c2ccccn2)cc1. The molecule has 0 radical (unpaired) electrons. The van der Waals surface area contributed by atoms with Gasteiger partial charge in [0.15, 0.2) is 5.78 Å². The van der Waals surface area contributed by atoms with Crippen LogP contribution in [0.4, 0.5) is 0 Å². The summed E-state index contributed by atoms with van der Waals surface area (Å²) in [6.07, 6.45) is 2.01. The number of benzene rings is 1. The molecule has 5 heteroatoms. The zero-order valence-corrected chi connectivity index (χ0v) is 12.3. The number of rotatable bonds is 7. The van der Waals surface area contributed by atoms with E-state index in [0.29, 0.717) is 17.7 Å². The number of esters is 1. The van der Waals surface area contributed by atoms with E-state index in [1.54, 1.807) is 42.5 Å². The lowest BCUT2D eigenvalue weighted by Crippen LogP contribution is -2.13. The Bertz CT molecular complexity index is 623. The number of pyridine rings is 1. The van der Waals surface area contributed by atoms with Crippen LogP contribution in [0.15, 0.2) is 48.7 Å². The summed E-state index contributed by atoms with van der Waals surface area (Å²) >= 11 is 0. The molecule has 5 nitrogen and oxygen atoms in total. The van der Waals surface area contributed by atoms with Crippen LogP contribution in [0, 0.1) is 0 Å². The summed E-state index contributed by atoms with van der Waals surface area (Å²) in [7, 11) is 0. The van der Waals surface area contributed by atoms with E-state index in [1.807, 2.05) is 6.92 Å². The second kappa shape index (κ2) is 7.93. The van der Waals surface area contributed by atoms with Crippen LogP contribution in [-0.4, -0.2) is 30.0 Å². The van der Waals surface area contributed by atoms with Crippen molar-refractivity contribution in [1.29, 1.82) is 0 Å². The molecule has 0 fully saturated rings. The Kier molecular flexibility index (Phi) is 5.65. The van der Waals surface area contributed by atoms with Crippen LogP contribution >= 0.6 is 0 Å². The topological polar surface area (TPSA) is 65.5 Å². The van der Waals surface area contributed by atoms with E-state index in [2.05, 4.69) is 4.98 Å². The Morgan fingerprint density at radius 3 is 2.45 bits per heavy atom. The third kappa shape index (κ3) is 4.41. The molecule has 0 atom stereocenters.